The molecular weight excluding hydrogens is 807 g/mol. The van der Waals surface area contributed by atoms with Crippen LogP contribution in [0.2, 0.25) is 9.79 Å². The molecule has 59 heavy (non-hydrogen) atoms. The van der Waals surface area contributed by atoms with E-state index in [0.29, 0.717) is 0 Å². The number of hydrogen-bond acceptors (Lipinski definition) is 0. The van der Waals surface area contributed by atoms with Gasteiger partial charge in [0.25, 0.3) is 0 Å². The number of unbranched alkanes of at least 4 members (excludes halogenated alkanes) is 19. The van der Waals surface area contributed by atoms with Crippen LogP contribution in [0, 0.1) is 0 Å². The van der Waals surface area contributed by atoms with Crippen molar-refractivity contribution < 1.29 is 22.7 Å². The second kappa shape index (κ2) is 35.7. The topological polar surface area (TPSA) is 25.3 Å². The zero-order chi connectivity index (χ0) is 42.8. The molecule has 0 unspecified atom stereocenters. The van der Waals surface area contributed by atoms with Crippen molar-refractivity contribution in [1.82, 2.24) is 0 Å². The van der Waals surface area contributed by atoms with Gasteiger partial charge >= 0.3 is 132 Å². The van der Waals surface area contributed by atoms with E-state index in [4.69, 9.17) is 0 Å². The molecule has 0 saturated heterocycles. The maximum atomic E-state index is 11.9. The van der Waals surface area contributed by atoms with Crippen LogP contribution in [0.5, 0.6) is 0 Å². The van der Waals surface area contributed by atoms with Crippen molar-refractivity contribution in [2.45, 2.75) is 257 Å². The van der Waals surface area contributed by atoms with Crippen molar-refractivity contribution in [2.24, 2.45) is 0 Å². The molecule has 1 aliphatic heterocycles. The molecule has 0 spiro atoms. The molecule has 0 amide bonds. The van der Waals surface area contributed by atoms with Crippen molar-refractivity contribution in [3.05, 3.63) is 87.0 Å². The normalized spacial score (nSPS) is 12.7. The molecule has 0 radical (unpaired) electrons. The second-order valence-corrected chi connectivity index (χ2v) is 20.1. The van der Waals surface area contributed by atoms with Crippen molar-refractivity contribution in [3.63, 3.8) is 0 Å². The first kappa shape index (κ1) is 53.3. The quantitative estimate of drug-likeness (QED) is 0.0374. The molecular formula is C56H94N2Pd. The van der Waals surface area contributed by atoms with Crippen molar-refractivity contribution >= 4 is 11.4 Å². The smallest absolute Gasteiger partial charge is 0.210 e. The van der Waals surface area contributed by atoms with Crippen molar-refractivity contribution in [2.75, 3.05) is 0 Å². The van der Waals surface area contributed by atoms with E-state index in [1.54, 1.807) is 0 Å². The molecule has 338 valence electrons. The first-order valence-electron chi connectivity index (χ1n) is 25.6. The van der Waals surface area contributed by atoms with Crippen LogP contribution in [0.3, 0.4) is 0 Å². The first-order valence-corrected chi connectivity index (χ1v) is 27.8. The van der Waals surface area contributed by atoms with Crippen LogP contribution >= 0.6 is 0 Å². The molecule has 0 N–H and O–H groups in total. The Morgan fingerprint density at radius 3 is 1.14 bits per heavy atom. The van der Waals surface area contributed by atoms with Gasteiger partial charge in [0.2, 0.25) is 11.4 Å². The molecule has 2 aromatic carbocycles. The number of benzene rings is 2. The molecule has 2 aromatic rings. The molecule has 3 heteroatoms. The Morgan fingerprint density at radius 2 is 0.712 bits per heavy atom. The van der Waals surface area contributed by atoms with E-state index >= 15 is 0 Å². The summed E-state index contributed by atoms with van der Waals surface area (Å²) in [5.41, 5.74) is 23.1. The Morgan fingerprint density at radius 1 is 0.373 bits per heavy atom. The maximum absolute atomic E-state index is 11.9. The Kier molecular flexibility index (Phi) is 32.3. The molecule has 0 atom stereocenters. The summed E-state index contributed by atoms with van der Waals surface area (Å²) in [6.07, 6.45) is 42.9. The molecule has 0 fully saturated rings. The molecule has 0 aliphatic carbocycles. The number of allylic oxidation sites excluding steroid dienone is 2. The number of aryl methyl sites for hydroxylation is 4. The summed E-state index contributed by atoms with van der Waals surface area (Å²) in [6.45, 7) is 15.9. The van der Waals surface area contributed by atoms with Crippen LogP contribution in [-0.4, -0.2) is 4.70 Å². The standard InChI is InChI=1S/C38H56N2.2C9H19.Pd/c1-6-11-16-20-32-23-30(18-13-8-3)25-35(26-32)37-29-34(22-15-10-5)38(40(37)39)36-27-31(19-14-9-4)24-33(28-36)21-17-12-7-2;2*1-3-5-7-9-8-6-4-2;/h23-29H,6-22H2,1-5H3;2*1,3-9H2,2H3;. The van der Waals surface area contributed by atoms with Gasteiger partial charge in [-0.15, -0.1) is 0 Å². The molecule has 0 bridgehead atoms. The van der Waals surface area contributed by atoms with Gasteiger partial charge in [-0.1, -0.05) is 91.7 Å². The molecule has 1 heterocycles. The van der Waals surface area contributed by atoms with Crippen LogP contribution in [0.15, 0.2) is 48.0 Å². The summed E-state index contributed by atoms with van der Waals surface area (Å²) in [5, 5.41) is 0. The molecule has 0 saturated carbocycles. The monoisotopic (exact) mass is 901 g/mol. The number of nitrogens with zero attached hydrogens (tertiary/aromatic N) is 2. The third-order valence-corrected chi connectivity index (χ3v) is 14.2. The summed E-state index contributed by atoms with van der Waals surface area (Å²) >= 11 is 1.07. The number of hydrogen-bond donors (Lipinski definition) is 0. The van der Waals surface area contributed by atoms with Crippen LogP contribution < -0.4 is 0 Å². The SMILES string of the molecule is CCCCCCCC[CH2][Pd][CH2]CCCCCCCC.CCCCCc1cc(CCCC)cc(C2=CC(CCCC)=C(c3cc(CCCC)cc(CCCCC)c3)[N+]2=[N-])c1. The third kappa shape index (κ3) is 23.3. The average Bonchev–Trinajstić information content (AvgIpc) is 3.58. The fourth-order valence-corrected chi connectivity index (χ4v) is 10.2. The third-order valence-electron chi connectivity index (χ3n) is 12.0. The van der Waals surface area contributed by atoms with Gasteiger partial charge in [-0.25, -0.2) is 4.70 Å². The Bertz CT molecular complexity index is 1420. The zero-order valence-corrected chi connectivity index (χ0v) is 41.6. The maximum Gasteiger partial charge on any atom is 0.210 e. The Hall–Kier alpha value is -1.82. The predicted octanol–water partition coefficient (Wildman–Crippen LogP) is 19.2. The minimum atomic E-state index is 0.947. The average molecular weight is 902 g/mol. The van der Waals surface area contributed by atoms with E-state index in [-0.39, 0.29) is 0 Å². The van der Waals surface area contributed by atoms with Crippen molar-refractivity contribution in [3.8, 4) is 0 Å². The summed E-state index contributed by atoms with van der Waals surface area (Å²) in [6, 6.07) is 14.2. The van der Waals surface area contributed by atoms with Crippen LogP contribution in [0.1, 0.15) is 255 Å². The van der Waals surface area contributed by atoms with Gasteiger partial charge in [0, 0.05) is 22.8 Å². The minimum absolute atomic E-state index is 0.947. The van der Waals surface area contributed by atoms with E-state index in [9.17, 15) is 5.53 Å². The second-order valence-electron chi connectivity index (χ2n) is 17.7. The summed E-state index contributed by atoms with van der Waals surface area (Å²) < 4.78 is 1.54. The van der Waals surface area contributed by atoms with Crippen LogP contribution in [0.4, 0.5) is 0 Å². The predicted molar refractivity (Wildman–Crippen MR) is 260 cm³/mol. The number of rotatable bonds is 35. The summed E-state index contributed by atoms with van der Waals surface area (Å²) in [7, 11) is 0. The van der Waals surface area contributed by atoms with Gasteiger partial charge < -0.3 is 5.53 Å². The fourth-order valence-electron chi connectivity index (χ4n) is 8.24. The van der Waals surface area contributed by atoms with Gasteiger partial charge in [0.1, 0.15) is 0 Å². The zero-order valence-electron chi connectivity index (χ0n) is 40.1. The summed E-state index contributed by atoms with van der Waals surface area (Å²) in [4.78, 5) is 3.08. The molecule has 1 aliphatic rings. The van der Waals surface area contributed by atoms with Gasteiger partial charge in [-0.3, -0.25) is 0 Å². The van der Waals surface area contributed by atoms with Crippen LogP contribution in [-0.2, 0) is 43.7 Å². The van der Waals surface area contributed by atoms with E-state index in [2.05, 4.69) is 90.9 Å². The van der Waals surface area contributed by atoms with E-state index < -0.39 is 0 Å². The molecule has 0 aromatic heterocycles. The largest absolute Gasteiger partial charge is 0.493 e. The Balaban J connectivity index is 0.000000532. The van der Waals surface area contributed by atoms with Crippen molar-refractivity contribution in [1.29, 1.82) is 0 Å². The molecule has 2 nitrogen and oxygen atoms in total. The fraction of sp³-hybridized carbons (Fsp3) is 0.714. The van der Waals surface area contributed by atoms with E-state index in [1.807, 2.05) is 0 Å². The first-order chi connectivity index (χ1) is 29.0. The van der Waals surface area contributed by atoms with E-state index in [1.165, 1.54) is 202 Å². The van der Waals surface area contributed by atoms with E-state index in [0.717, 1.165) is 79.9 Å². The summed E-state index contributed by atoms with van der Waals surface area (Å²) in [5.74, 6) is 0. The van der Waals surface area contributed by atoms with Gasteiger partial charge in [0.05, 0.1) is 0 Å². The Labute approximate surface area is 376 Å². The van der Waals surface area contributed by atoms with Gasteiger partial charge in [-0.05, 0) is 111 Å². The molecule has 3 rings (SSSR count). The minimum Gasteiger partial charge on any atom is -0.493 e. The van der Waals surface area contributed by atoms with Gasteiger partial charge in [-0.2, -0.15) is 0 Å². The van der Waals surface area contributed by atoms with Gasteiger partial charge in [0.15, 0.2) is 0 Å². The van der Waals surface area contributed by atoms with Crippen LogP contribution in [0.25, 0.3) is 16.9 Å².